The predicted molar refractivity (Wildman–Crippen MR) is 80.5 cm³/mol. The summed E-state index contributed by atoms with van der Waals surface area (Å²) in [7, 11) is 0. The van der Waals surface area contributed by atoms with E-state index in [1.807, 2.05) is 0 Å². The molecule has 2 N–H and O–H groups in total. The monoisotopic (exact) mass is 257 g/mol. The third-order valence-corrected chi connectivity index (χ3v) is 3.56. The first-order valence-electron chi connectivity index (χ1n) is 7.02. The lowest BCUT2D eigenvalue weighted by molar-refractivity contribution is 0.288. The van der Waals surface area contributed by atoms with Gasteiger partial charge in [0.15, 0.2) is 0 Å². The maximum absolute atomic E-state index is 9.05. The number of rotatable bonds is 5. The molecule has 1 aromatic heterocycles. The maximum Gasteiger partial charge on any atom is 0.0434 e. The van der Waals surface area contributed by atoms with Crippen LogP contribution in [0.15, 0.2) is 30.3 Å². The molecule has 102 valence electrons. The third-order valence-electron chi connectivity index (χ3n) is 3.56. The van der Waals surface area contributed by atoms with Gasteiger partial charge in [0.2, 0.25) is 0 Å². The molecule has 1 aromatic carbocycles. The average molecular weight is 257 g/mol. The minimum absolute atomic E-state index is 0.239. The van der Waals surface area contributed by atoms with Gasteiger partial charge in [-0.2, -0.15) is 0 Å². The second-order valence-electron chi connectivity index (χ2n) is 5.41. The van der Waals surface area contributed by atoms with E-state index in [-0.39, 0.29) is 6.61 Å². The molecular formula is C17H23NO. The number of nitrogens with one attached hydrogen (secondary N) is 1. The Morgan fingerprint density at radius 3 is 2.53 bits per heavy atom. The van der Waals surface area contributed by atoms with Crippen molar-refractivity contribution < 1.29 is 5.11 Å². The Balaban J connectivity index is 2.45. The maximum atomic E-state index is 9.05. The molecule has 0 spiro atoms. The lowest BCUT2D eigenvalue weighted by Gasteiger charge is -2.06. The van der Waals surface area contributed by atoms with E-state index < -0.39 is 0 Å². The summed E-state index contributed by atoms with van der Waals surface area (Å²) >= 11 is 0. The van der Waals surface area contributed by atoms with Gasteiger partial charge < -0.3 is 10.1 Å². The Hall–Kier alpha value is -1.54. The van der Waals surface area contributed by atoms with Gasteiger partial charge in [0.1, 0.15) is 0 Å². The predicted octanol–water partition coefficient (Wildman–Crippen LogP) is 4.04. The summed E-state index contributed by atoms with van der Waals surface area (Å²) in [6.07, 6.45) is 1.70. The van der Waals surface area contributed by atoms with Crippen molar-refractivity contribution in [3.8, 4) is 11.1 Å². The van der Waals surface area contributed by atoms with Crippen LogP contribution in [0.25, 0.3) is 11.1 Å². The number of aromatic amines is 1. The van der Waals surface area contributed by atoms with Crippen molar-refractivity contribution in [1.29, 1.82) is 0 Å². The van der Waals surface area contributed by atoms with Crippen LogP contribution in [0.4, 0.5) is 0 Å². The van der Waals surface area contributed by atoms with Gasteiger partial charge in [0, 0.05) is 23.6 Å². The van der Waals surface area contributed by atoms with Gasteiger partial charge in [-0.25, -0.2) is 0 Å². The number of benzene rings is 1. The van der Waals surface area contributed by atoms with Crippen LogP contribution >= 0.6 is 0 Å². The summed E-state index contributed by atoms with van der Waals surface area (Å²) in [4.78, 5) is 3.53. The van der Waals surface area contributed by atoms with Crippen molar-refractivity contribution in [2.45, 2.75) is 39.5 Å². The van der Waals surface area contributed by atoms with Gasteiger partial charge >= 0.3 is 0 Å². The van der Waals surface area contributed by atoms with Gasteiger partial charge in [0.05, 0.1) is 0 Å². The van der Waals surface area contributed by atoms with Crippen LogP contribution < -0.4 is 0 Å². The van der Waals surface area contributed by atoms with Crippen molar-refractivity contribution in [3.63, 3.8) is 0 Å². The third kappa shape index (κ3) is 3.07. The number of hydrogen-bond donors (Lipinski definition) is 2. The lowest BCUT2D eigenvalue weighted by atomic mass is 9.98. The molecule has 0 bridgehead atoms. The van der Waals surface area contributed by atoms with Gasteiger partial charge in [-0.15, -0.1) is 0 Å². The first-order valence-corrected chi connectivity index (χ1v) is 7.02. The number of aliphatic hydroxyl groups is 1. The fraction of sp³-hybridized carbons (Fsp3) is 0.412. The molecule has 0 fully saturated rings. The van der Waals surface area contributed by atoms with E-state index in [2.05, 4.69) is 56.1 Å². The summed E-state index contributed by atoms with van der Waals surface area (Å²) in [5, 5.41) is 9.05. The molecule has 2 rings (SSSR count). The van der Waals surface area contributed by atoms with E-state index in [9.17, 15) is 0 Å². The second-order valence-corrected chi connectivity index (χ2v) is 5.41. The van der Waals surface area contributed by atoms with Gasteiger partial charge in [0.25, 0.3) is 0 Å². The number of aliphatic hydroxyl groups excluding tert-OH is 1. The summed E-state index contributed by atoms with van der Waals surface area (Å²) < 4.78 is 0. The molecule has 0 unspecified atom stereocenters. The zero-order valence-corrected chi connectivity index (χ0v) is 12.0. The highest BCUT2D eigenvalue weighted by atomic mass is 16.2. The van der Waals surface area contributed by atoms with Crippen LogP contribution in [-0.2, 0) is 6.42 Å². The number of aromatic nitrogens is 1. The molecule has 0 saturated carbocycles. The van der Waals surface area contributed by atoms with Crippen LogP contribution in [0.2, 0.25) is 0 Å². The minimum Gasteiger partial charge on any atom is -0.396 e. The standard InChI is InChI=1S/C17H23NO/c1-12(2)17-11-15(16(18-17)9-6-10-19)14-8-5-4-7-13(14)3/h4-5,7-8,11-12,18-19H,6,9-10H2,1-3H3. The largest absolute Gasteiger partial charge is 0.396 e. The zero-order valence-electron chi connectivity index (χ0n) is 12.0. The molecule has 0 atom stereocenters. The average Bonchev–Trinajstić information content (AvgIpc) is 2.81. The Morgan fingerprint density at radius 2 is 1.89 bits per heavy atom. The summed E-state index contributed by atoms with van der Waals surface area (Å²) in [6, 6.07) is 10.7. The van der Waals surface area contributed by atoms with E-state index in [4.69, 9.17) is 5.11 Å². The van der Waals surface area contributed by atoms with Crippen LogP contribution in [0.3, 0.4) is 0 Å². The molecule has 2 aromatic rings. The van der Waals surface area contributed by atoms with Crippen LogP contribution in [-0.4, -0.2) is 16.7 Å². The van der Waals surface area contributed by atoms with Gasteiger partial charge in [-0.05, 0) is 42.9 Å². The normalized spacial score (nSPS) is 11.2. The van der Waals surface area contributed by atoms with Gasteiger partial charge in [-0.1, -0.05) is 38.1 Å². The highest BCUT2D eigenvalue weighted by molar-refractivity contribution is 5.70. The molecule has 19 heavy (non-hydrogen) atoms. The molecule has 1 heterocycles. The van der Waals surface area contributed by atoms with E-state index >= 15 is 0 Å². The van der Waals surface area contributed by atoms with Crippen molar-refractivity contribution >= 4 is 0 Å². The lowest BCUT2D eigenvalue weighted by Crippen LogP contribution is -1.94. The number of hydrogen-bond acceptors (Lipinski definition) is 1. The zero-order chi connectivity index (χ0) is 13.8. The summed E-state index contributed by atoms with van der Waals surface area (Å²) in [5.74, 6) is 0.491. The molecular weight excluding hydrogens is 234 g/mol. The molecule has 0 aliphatic heterocycles. The van der Waals surface area contributed by atoms with E-state index in [0.29, 0.717) is 5.92 Å². The second kappa shape index (κ2) is 6.07. The number of H-pyrrole nitrogens is 1. The Morgan fingerprint density at radius 1 is 1.16 bits per heavy atom. The Bertz CT molecular complexity index is 540. The van der Waals surface area contributed by atoms with E-state index in [0.717, 1.165) is 12.8 Å². The molecule has 0 radical (unpaired) electrons. The fourth-order valence-corrected chi connectivity index (χ4v) is 2.40. The molecule has 0 aliphatic carbocycles. The SMILES string of the molecule is Cc1ccccc1-c1cc(C(C)C)[nH]c1CCCO. The molecule has 0 amide bonds. The van der Waals surface area contributed by atoms with Crippen molar-refractivity contribution in [2.75, 3.05) is 6.61 Å². The summed E-state index contributed by atoms with van der Waals surface area (Å²) in [6.45, 7) is 6.78. The fourth-order valence-electron chi connectivity index (χ4n) is 2.40. The van der Waals surface area contributed by atoms with Crippen molar-refractivity contribution in [3.05, 3.63) is 47.3 Å². The molecule has 0 saturated heterocycles. The van der Waals surface area contributed by atoms with E-state index in [1.165, 1.54) is 28.1 Å². The smallest absolute Gasteiger partial charge is 0.0434 e. The van der Waals surface area contributed by atoms with E-state index in [1.54, 1.807) is 0 Å². The topological polar surface area (TPSA) is 36.0 Å². The minimum atomic E-state index is 0.239. The highest BCUT2D eigenvalue weighted by Gasteiger charge is 2.13. The molecule has 2 nitrogen and oxygen atoms in total. The molecule has 0 aliphatic rings. The summed E-state index contributed by atoms with van der Waals surface area (Å²) in [5.41, 5.74) is 6.38. The first-order chi connectivity index (χ1) is 9.13. The van der Waals surface area contributed by atoms with Crippen molar-refractivity contribution in [2.24, 2.45) is 0 Å². The van der Waals surface area contributed by atoms with Crippen LogP contribution in [0.1, 0.15) is 43.1 Å². The number of aryl methyl sites for hydroxylation is 2. The van der Waals surface area contributed by atoms with Crippen LogP contribution in [0.5, 0.6) is 0 Å². The van der Waals surface area contributed by atoms with Gasteiger partial charge in [-0.3, -0.25) is 0 Å². The Labute approximate surface area is 115 Å². The highest BCUT2D eigenvalue weighted by Crippen LogP contribution is 2.30. The Kier molecular flexibility index (Phi) is 4.43. The van der Waals surface area contributed by atoms with Crippen molar-refractivity contribution in [1.82, 2.24) is 4.98 Å². The molecule has 2 heteroatoms. The quantitative estimate of drug-likeness (QED) is 0.833. The van der Waals surface area contributed by atoms with Crippen LogP contribution in [0, 0.1) is 6.92 Å². The first kappa shape index (κ1) is 13.9.